The van der Waals surface area contributed by atoms with Crippen LogP contribution in [0.1, 0.15) is 5.56 Å². The first-order valence-electron chi connectivity index (χ1n) is 3.60. The van der Waals surface area contributed by atoms with E-state index in [0.717, 1.165) is 0 Å². The highest BCUT2D eigenvalue weighted by Gasteiger charge is 2.16. The minimum Gasteiger partial charge on any atom is -0.398 e. The zero-order valence-electron chi connectivity index (χ0n) is 6.71. The van der Waals surface area contributed by atoms with E-state index in [2.05, 4.69) is 4.98 Å². The number of rotatable bonds is 3. The fourth-order valence-electron chi connectivity index (χ4n) is 0.850. The number of hydrogen-bond donors (Lipinski definition) is 1. The van der Waals surface area contributed by atoms with Gasteiger partial charge in [-0.05, 0) is 6.07 Å². The average molecular weight is 186 g/mol. The Hall–Kier alpha value is -1.52. The third-order valence-corrected chi connectivity index (χ3v) is 1.55. The predicted octanol–water partition coefficient (Wildman–Crippen LogP) is 1.04. The lowest BCUT2D eigenvalue weighted by atomic mass is 10.1. The van der Waals surface area contributed by atoms with Crippen LogP contribution < -0.4 is 5.73 Å². The first-order valence-corrected chi connectivity index (χ1v) is 3.60. The van der Waals surface area contributed by atoms with Crippen molar-refractivity contribution < 1.29 is 13.6 Å². The fourth-order valence-corrected chi connectivity index (χ4v) is 0.850. The third kappa shape index (κ3) is 2.47. The molecule has 0 aliphatic heterocycles. The van der Waals surface area contributed by atoms with Gasteiger partial charge >= 0.3 is 0 Å². The standard InChI is InChI=1S/C8H8F2N2O/c9-8(10)7(13)3-5-4-12-2-1-6(5)11/h1-2,4,8H,3H2,(H2,11,12). The van der Waals surface area contributed by atoms with E-state index in [1.165, 1.54) is 18.5 Å². The average Bonchev–Trinajstić information content (AvgIpc) is 2.08. The number of aromatic nitrogens is 1. The van der Waals surface area contributed by atoms with Crippen LogP contribution in [-0.4, -0.2) is 17.2 Å². The highest BCUT2D eigenvalue weighted by Crippen LogP contribution is 2.11. The summed E-state index contributed by atoms with van der Waals surface area (Å²) in [6.45, 7) is 0. The van der Waals surface area contributed by atoms with Crippen molar-refractivity contribution in [2.45, 2.75) is 12.8 Å². The minimum absolute atomic E-state index is 0.309. The largest absolute Gasteiger partial charge is 0.398 e. The normalized spacial score (nSPS) is 10.4. The van der Waals surface area contributed by atoms with E-state index < -0.39 is 12.2 Å². The molecule has 0 aromatic carbocycles. The smallest absolute Gasteiger partial charge is 0.296 e. The van der Waals surface area contributed by atoms with Gasteiger partial charge in [0, 0.05) is 30.1 Å². The van der Waals surface area contributed by atoms with Crippen molar-refractivity contribution in [3.05, 3.63) is 24.0 Å². The fraction of sp³-hybridized carbons (Fsp3) is 0.250. The molecule has 0 spiro atoms. The molecule has 1 aromatic rings. The van der Waals surface area contributed by atoms with Crippen molar-refractivity contribution in [3.63, 3.8) is 0 Å². The van der Waals surface area contributed by atoms with Gasteiger partial charge < -0.3 is 5.73 Å². The van der Waals surface area contributed by atoms with E-state index in [-0.39, 0.29) is 6.42 Å². The summed E-state index contributed by atoms with van der Waals surface area (Å²) in [6.07, 6.45) is -0.557. The van der Waals surface area contributed by atoms with Crippen molar-refractivity contribution in [2.75, 3.05) is 5.73 Å². The van der Waals surface area contributed by atoms with Gasteiger partial charge in [-0.1, -0.05) is 0 Å². The Kier molecular flexibility index (Phi) is 2.89. The first-order chi connectivity index (χ1) is 6.11. The summed E-state index contributed by atoms with van der Waals surface area (Å²) in [5.74, 6) is -1.14. The number of nitrogens with two attached hydrogens (primary N) is 1. The van der Waals surface area contributed by atoms with Crippen molar-refractivity contribution in [1.29, 1.82) is 0 Å². The van der Waals surface area contributed by atoms with Crippen LogP contribution in [0.2, 0.25) is 0 Å². The topological polar surface area (TPSA) is 56.0 Å². The number of carbonyl (C=O) groups excluding carboxylic acids is 1. The minimum atomic E-state index is -2.94. The van der Waals surface area contributed by atoms with Crippen LogP contribution in [0.4, 0.5) is 14.5 Å². The van der Waals surface area contributed by atoms with E-state index in [9.17, 15) is 13.6 Å². The number of pyridine rings is 1. The summed E-state index contributed by atoms with van der Waals surface area (Å²) >= 11 is 0. The van der Waals surface area contributed by atoms with Crippen LogP contribution in [-0.2, 0) is 11.2 Å². The van der Waals surface area contributed by atoms with Gasteiger partial charge in [0.2, 0.25) is 5.78 Å². The van der Waals surface area contributed by atoms with E-state index >= 15 is 0 Å². The first kappa shape index (κ1) is 9.57. The molecule has 0 fully saturated rings. The molecule has 1 heterocycles. The van der Waals surface area contributed by atoms with Gasteiger partial charge in [0.1, 0.15) is 0 Å². The Labute approximate surface area is 73.6 Å². The number of anilines is 1. The second-order valence-corrected chi connectivity index (χ2v) is 2.52. The molecule has 1 rings (SSSR count). The van der Waals surface area contributed by atoms with E-state index in [4.69, 9.17) is 5.73 Å². The molecule has 3 nitrogen and oxygen atoms in total. The van der Waals surface area contributed by atoms with Gasteiger partial charge in [0.15, 0.2) is 0 Å². The molecule has 0 aliphatic carbocycles. The lowest BCUT2D eigenvalue weighted by Gasteiger charge is -2.02. The van der Waals surface area contributed by atoms with Gasteiger partial charge in [-0.2, -0.15) is 0 Å². The molecule has 0 amide bonds. The number of hydrogen-bond acceptors (Lipinski definition) is 3. The summed E-state index contributed by atoms with van der Waals surface area (Å²) in [6, 6.07) is 1.47. The molecule has 0 saturated carbocycles. The summed E-state index contributed by atoms with van der Waals surface area (Å²) in [4.78, 5) is 14.3. The Morgan fingerprint density at radius 2 is 2.31 bits per heavy atom. The number of Topliss-reactive ketones (excluding diaryl/α,β-unsaturated/α-hetero) is 1. The monoisotopic (exact) mass is 186 g/mol. The van der Waals surface area contributed by atoms with Crippen molar-refractivity contribution in [1.82, 2.24) is 4.98 Å². The zero-order valence-corrected chi connectivity index (χ0v) is 6.71. The van der Waals surface area contributed by atoms with Gasteiger partial charge in [-0.15, -0.1) is 0 Å². The van der Waals surface area contributed by atoms with Crippen LogP contribution in [0.5, 0.6) is 0 Å². The predicted molar refractivity (Wildman–Crippen MR) is 43.4 cm³/mol. The molecule has 2 N–H and O–H groups in total. The molecule has 5 heteroatoms. The van der Waals surface area contributed by atoms with Crippen molar-refractivity contribution >= 4 is 11.5 Å². The van der Waals surface area contributed by atoms with Crippen LogP contribution in [0.3, 0.4) is 0 Å². The summed E-state index contributed by atoms with van der Waals surface area (Å²) in [5, 5.41) is 0. The van der Waals surface area contributed by atoms with Gasteiger partial charge in [-0.25, -0.2) is 8.78 Å². The van der Waals surface area contributed by atoms with Crippen LogP contribution >= 0.6 is 0 Å². The van der Waals surface area contributed by atoms with Crippen molar-refractivity contribution in [2.24, 2.45) is 0 Å². The Morgan fingerprint density at radius 3 is 2.85 bits per heavy atom. The zero-order chi connectivity index (χ0) is 9.84. The number of alkyl halides is 2. The van der Waals surface area contributed by atoms with Gasteiger partial charge in [-0.3, -0.25) is 9.78 Å². The molecule has 0 atom stereocenters. The third-order valence-electron chi connectivity index (χ3n) is 1.55. The molecule has 1 aromatic heterocycles. The SMILES string of the molecule is Nc1ccncc1CC(=O)C(F)F. The quantitative estimate of drug-likeness (QED) is 0.767. The van der Waals surface area contributed by atoms with E-state index in [0.29, 0.717) is 11.3 Å². The number of nitrogen functional groups attached to an aromatic ring is 1. The molecular formula is C8H8F2N2O. The van der Waals surface area contributed by atoms with E-state index in [1.807, 2.05) is 0 Å². The van der Waals surface area contributed by atoms with E-state index in [1.54, 1.807) is 0 Å². The maximum absolute atomic E-state index is 11.8. The Morgan fingerprint density at radius 1 is 1.62 bits per heavy atom. The highest BCUT2D eigenvalue weighted by atomic mass is 19.3. The molecule has 0 unspecified atom stereocenters. The van der Waals surface area contributed by atoms with Crippen molar-refractivity contribution in [3.8, 4) is 0 Å². The summed E-state index contributed by atoms with van der Waals surface area (Å²) < 4.78 is 23.7. The summed E-state index contributed by atoms with van der Waals surface area (Å²) in [5.41, 5.74) is 6.08. The second-order valence-electron chi connectivity index (χ2n) is 2.52. The molecule has 0 bridgehead atoms. The van der Waals surface area contributed by atoms with Crippen LogP contribution in [0, 0.1) is 0 Å². The summed E-state index contributed by atoms with van der Waals surface area (Å²) in [7, 11) is 0. The lowest BCUT2D eigenvalue weighted by molar-refractivity contribution is -0.128. The molecule has 0 saturated heterocycles. The molecule has 0 aliphatic rings. The number of halogens is 2. The number of nitrogens with zero attached hydrogens (tertiary/aromatic N) is 1. The second kappa shape index (κ2) is 3.93. The van der Waals surface area contributed by atoms with Crippen LogP contribution in [0.25, 0.3) is 0 Å². The maximum Gasteiger partial charge on any atom is 0.296 e. The molecular weight excluding hydrogens is 178 g/mol. The van der Waals surface area contributed by atoms with Gasteiger partial charge in [0.25, 0.3) is 6.43 Å². The number of ketones is 1. The lowest BCUT2D eigenvalue weighted by Crippen LogP contribution is -2.13. The molecule has 70 valence electrons. The molecule has 13 heavy (non-hydrogen) atoms. The number of carbonyl (C=O) groups is 1. The van der Waals surface area contributed by atoms with Crippen LogP contribution in [0.15, 0.2) is 18.5 Å². The highest BCUT2D eigenvalue weighted by molar-refractivity contribution is 5.84. The molecule has 0 radical (unpaired) electrons. The van der Waals surface area contributed by atoms with Gasteiger partial charge in [0.05, 0.1) is 0 Å². The Balaban J connectivity index is 2.75. The Bertz CT molecular complexity index is 315. The maximum atomic E-state index is 11.8.